The lowest BCUT2D eigenvalue weighted by atomic mass is 9.69. The van der Waals surface area contributed by atoms with E-state index < -0.39 is 0 Å². The van der Waals surface area contributed by atoms with Crippen LogP contribution in [0.3, 0.4) is 0 Å². The third-order valence-electron chi connectivity index (χ3n) is 7.83. The van der Waals surface area contributed by atoms with Crippen molar-refractivity contribution in [3.8, 4) is 0 Å². The highest BCUT2D eigenvalue weighted by Gasteiger charge is 2.33. The molecule has 6 unspecified atom stereocenters. The van der Waals surface area contributed by atoms with Crippen LogP contribution in [0.2, 0.25) is 0 Å². The standard InChI is InChI=1S/C30H52O2/c1-8-10-18-28-21-30(32)25(6)29(24(28)5)20-19-27(13-9-2)17-12-15-22(3)14-11-16-23(4)26(7)31/h9,17,21-25,29-32H,2,7-8,10-16,18-20H2,1,3-6H3/p-1/b27-17-. The molecule has 0 aromatic rings. The smallest absolute Gasteiger partial charge is 0.0752 e. The highest BCUT2D eigenvalue weighted by Crippen LogP contribution is 2.40. The van der Waals surface area contributed by atoms with Gasteiger partial charge in [0.05, 0.1) is 6.10 Å². The molecule has 0 heterocycles. The highest BCUT2D eigenvalue weighted by molar-refractivity contribution is 5.17. The van der Waals surface area contributed by atoms with E-state index in [0.29, 0.717) is 23.7 Å². The minimum Gasteiger partial charge on any atom is -0.876 e. The van der Waals surface area contributed by atoms with Gasteiger partial charge in [0.25, 0.3) is 0 Å². The molecule has 0 aromatic carbocycles. The summed E-state index contributed by atoms with van der Waals surface area (Å²) in [6, 6.07) is 0. The third kappa shape index (κ3) is 10.1. The van der Waals surface area contributed by atoms with E-state index in [2.05, 4.69) is 53.0 Å². The molecular weight excluding hydrogens is 392 g/mol. The van der Waals surface area contributed by atoms with Crippen LogP contribution in [0, 0.1) is 29.6 Å². The lowest BCUT2D eigenvalue weighted by Gasteiger charge is -2.38. The zero-order valence-corrected chi connectivity index (χ0v) is 21.7. The molecule has 1 N–H and O–H groups in total. The average molecular weight is 444 g/mol. The van der Waals surface area contributed by atoms with Gasteiger partial charge in [-0.15, -0.1) is 18.9 Å². The molecule has 1 rings (SSSR count). The van der Waals surface area contributed by atoms with Crippen LogP contribution < -0.4 is 5.11 Å². The van der Waals surface area contributed by atoms with Gasteiger partial charge in [0, 0.05) is 0 Å². The molecular formula is C30H51O2-. The number of hydrogen-bond acceptors (Lipinski definition) is 2. The summed E-state index contributed by atoms with van der Waals surface area (Å²) >= 11 is 0. The minimum atomic E-state index is -0.294. The van der Waals surface area contributed by atoms with Crippen LogP contribution in [0.1, 0.15) is 105 Å². The van der Waals surface area contributed by atoms with Crippen LogP contribution in [0.25, 0.3) is 0 Å². The first-order valence-corrected chi connectivity index (χ1v) is 13.2. The molecule has 2 heteroatoms. The molecule has 0 aliphatic heterocycles. The van der Waals surface area contributed by atoms with Gasteiger partial charge in [-0.2, -0.15) is 0 Å². The van der Waals surface area contributed by atoms with E-state index >= 15 is 0 Å². The fourth-order valence-electron chi connectivity index (χ4n) is 5.19. The molecule has 184 valence electrons. The topological polar surface area (TPSA) is 43.3 Å². The molecule has 1 aliphatic rings. The molecule has 0 amide bonds. The highest BCUT2D eigenvalue weighted by atomic mass is 16.3. The van der Waals surface area contributed by atoms with Crippen LogP contribution in [-0.2, 0) is 0 Å². The van der Waals surface area contributed by atoms with Crippen LogP contribution in [-0.4, -0.2) is 11.2 Å². The summed E-state index contributed by atoms with van der Waals surface area (Å²) < 4.78 is 0. The Hall–Kier alpha value is -1.28. The second-order valence-corrected chi connectivity index (χ2v) is 10.5. The van der Waals surface area contributed by atoms with Gasteiger partial charge < -0.3 is 10.2 Å². The van der Waals surface area contributed by atoms with E-state index in [1.165, 1.54) is 36.8 Å². The Morgan fingerprint density at radius 3 is 2.53 bits per heavy atom. The third-order valence-corrected chi connectivity index (χ3v) is 7.83. The van der Waals surface area contributed by atoms with E-state index in [1.807, 2.05) is 13.0 Å². The Bertz CT molecular complexity index is 614. The maximum atomic E-state index is 11.3. The fourth-order valence-corrected chi connectivity index (χ4v) is 5.19. The molecule has 0 radical (unpaired) electrons. The van der Waals surface area contributed by atoms with Gasteiger partial charge in [-0.3, -0.25) is 0 Å². The van der Waals surface area contributed by atoms with Gasteiger partial charge in [0.1, 0.15) is 0 Å². The SMILES string of the molecule is C=CC/C(=C/CCC(C)CCCC(C)C(=C)[O-])CCC1C(C)C(CCCC)=CC(O)C1C. The second-order valence-electron chi connectivity index (χ2n) is 10.5. The van der Waals surface area contributed by atoms with E-state index in [9.17, 15) is 10.2 Å². The molecule has 0 saturated heterocycles. The zero-order chi connectivity index (χ0) is 24.1. The molecule has 2 nitrogen and oxygen atoms in total. The van der Waals surface area contributed by atoms with Crippen molar-refractivity contribution in [2.45, 2.75) is 111 Å². The van der Waals surface area contributed by atoms with E-state index in [4.69, 9.17) is 0 Å². The van der Waals surface area contributed by atoms with E-state index in [0.717, 1.165) is 44.9 Å². The summed E-state index contributed by atoms with van der Waals surface area (Å²) in [5, 5.41) is 21.9. The predicted octanol–water partition coefficient (Wildman–Crippen LogP) is 7.75. The summed E-state index contributed by atoms with van der Waals surface area (Å²) in [6.07, 6.45) is 18.7. The van der Waals surface area contributed by atoms with Crippen molar-refractivity contribution in [2.75, 3.05) is 0 Å². The van der Waals surface area contributed by atoms with Crippen LogP contribution in [0.5, 0.6) is 0 Å². The van der Waals surface area contributed by atoms with Crippen molar-refractivity contribution in [3.05, 3.63) is 48.3 Å². The number of unbranched alkanes of at least 4 members (excludes halogenated alkanes) is 1. The van der Waals surface area contributed by atoms with Gasteiger partial charge in [0.15, 0.2) is 0 Å². The van der Waals surface area contributed by atoms with Gasteiger partial charge in [-0.1, -0.05) is 83.3 Å². The normalized spacial score (nSPS) is 25.8. The summed E-state index contributed by atoms with van der Waals surface area (Å²) in [5.74, 6) is 2.29. The molecule has 0 fully saturated rings. The Kier molecular flexibility index (Phi) is 14.0. The van der Waals surface area contributed by atoms with Crippen molar-refractivity contribution >= 4 is 0 Å². The molecule has 0 spiro atoms. The zero-order valence-electron chi connectivity index (χ0n) is 21.7. The fraction of sp³-hybridized carbons (Fsp3) is 0.733. The van der Waals surface area contributed by atoms with Gasteiger partial charge >= 0.3 is 0 Å². The van der Waals surface area contributed by atoms with E-state index in [-0.39, 0.29) is 17.8 Å². The lowest BCUT2D eigenvalue weighted by Crippen LogP contribution is -2.34. The Morgan fingerprint density at radius 2 is 1.91 bits per heavy atom. The summed E-state index contributed by atoms with van der Waals surface area (Å²) in [6.45, 7) is 18.7. The van der Waals surface area contributed by atoms with Gasteiger partial charge in [-0.25, -0.2) is 0 Å². The predicted molar refractivity (Wildman–Crippen MR) is 138 cm³/mol. The molecule has 1 aliphatic carbocycles. The number of aliphatic hydroxyl groups is 1. The molecule has 6 atom stereocenters. The minimum absolute atomic E-state index is 0.0664. The monoisotopic (exact) mass is 443 g/mol. The van der Waals surface area contributed by atoms with Crippen molar-refractivity contribution in [2.24, 2.45) is 29.6 Å². The van der Waals surface area contributed by atoms with Crippen molar-refractivity contribution in [1.29, 1.82) is 0 Å². The first-order chi connectivity index (χ1) is 15.2. The Balaban J connectivity index is 2.55. The average Bonchev–Trinajstić information content (AvgIpc) is 2.75. The maximum absolute atomic E-state index is 11.3. The molecule has 32 heavy (non-hydrogen) atoms. The molecule has 0 aromatic heterocycles. The van der Waals surface area contributed by atoms with Gasteiger partial charge in [0.2, 0.25) is 0 Å². The summed E-state index contributed by atoms with van der Waals surface area (Å²) in [4.78, 5) is 0. The second kappa shape index (κ2) is 15.5. The summed E-state index contributed by atoms with van der Waals surface area (Å²) in [5.41, 5.74) is 2.97. The summed E-state index contributed by atoms with van der Waals surface area (Å²) in [7, 11) is 0. The van der Waals surface area contributed by atoms with Crippen LogP contribution in [0.15, 0.2) is 48.3 Å². The first-order valence-electron chi connectivity index (χ1n) is 13.2. The quantitative estimate of drug-likeness (QED) is 0.196. The first kappa shape index (κ1) is 28.8. The van der Waals surface area contributed by atoms with Crippen molar-refractivity contribution in [1.82, 2.24) is 0 Å². The van der Waals surface area contributed by atoms with Crippen LogP contribution in [0.4, 0.5) is 0 Å². The largest absolute Gasteiger partial charge is 0.876 e. The van der Waals surface area contributed by atoms with E-state index in [1.54, 1.807) is 0 Å². The number of allylic oxidation sites excluding steroid dienone is 5. The molecule has 0 bridgehead atoms. The number of aliphatic hydroxyl groups excluding tert-OH is 1. The van der Waals surface area contributed by atoms with Crippen LogP contribution >= 0.6 is 0 Å². The number of hydrogen-bond donors (Lipinski definition) is 1. The van der Waals surface area contributed by atoms with Crippen molar-refractivity contribution in [3.63, 3.8) is 0 Å². The number of rotatable bonds is 16. The Morgan fingerprint density at radius 1 is 1.19 bits per heavy atom. The molecule has 0 saturated carbocycles. The maximum Gasteiger partial charge on any atom is 0.0752 e. The van der Waals surface area contributed by atoms with Gasteiger partial charge in [-0.05, 0) is 81.0 Å². The Labute approximate surface area is 199 Å². The lowest BCUT2D eigenvalue weighted by molar-refractivity contribution is -0.313. The van der Waals surface area contributed by atoms with Crippen molar-refractivity contribution < 1.29 is 10.2 Å².